The van der Waals surface area contributed by atoms with Crippen LogP contribution in [0.2, 0.25) is 0 Å². The second-order valence-electron chi connectivity index (χ2n) is 6.95. The minimum atomic E-state index is 0.487. The lowest BCUT2D eigenvalue weighted by atomic mass is 10.0. The van der Waals surface area contributed by atoms with Crippen molar-refractivity contribution in [2.24, 2.45) is 0 Å². The molecule has 1 aliphatic heterocycles. The molecule has 0 spiro atoms. The largest absolute Gasteiger partial charge is 0.374 e. The maximum absolute atomic E-state index is 5.75. The van der Waals surface area contributed by atoms with Crippen LogP contribution in [0.5, 0.6) is 0 Å². The number of piperidine rings is 1. The molecule has 1 aliphatic carbocycles. The SMILES string of the molecule is Nc1nnc(-c2ccc3c(c2)C(c2cncc(N4CCCCC4)n2)=CC3)s1. The van der Waals surface area contributed by atoms with E-state index in [0.717, 1.165) is 47.2 Å². The summed E-state index contributed by atoms with van der Waals surface area (Å²) >= 11 is 1.41. The fourth-order valence-electron chi connectivity index (χ4n) is 3.81. The third-order valence-corrected chi connectivity index (χ3v) is 5.99. The zero-order chi connectivity index (χ0) is 18.2. The molecule has 3 aromatic rings. The molecule has 7 heteroatoms. The number of allylic oxidation sites excluding steroid dienone is 1. The smallest absolute Gasteiger partial charge is 0.203 e. The molecule has 2 N–H and O–H groups in total. The fraction of sp³-hybridized carbons (Fsp3) is 0.300. The van der Waals surface area contributed by atoms with Crippen molar-refractivity contribution in [3.8, 4) is 10.6 Å². The highest BCUT2D eigenvalue weighted by molar-refractivity contribution is 7.18. The standard InChI is InChI=1S/C20H20N6S/c21-20-25-24-19(27-20)14-5-4-13-6-7-15(16(13)10-14)17-11-22-12-18(23-17)26-8-2-1-3-9-26/h4-5,7,10-12H,1-3,6,8-9H2,(H2,21,25). The van der Waals surface area contributed by atoms with Gasteiger partial charge in [0.2, 0.25) is 5.13 Å². The van der Waals surface area contributed by atoms with Gasteiger partial charge in [-0.25, -0.2) is 4.98 Å². The van der Waals surface area contributed by atoms with Crippen molar-refractivity contribution in [1.82, 2.24) is 20.2 Å². The van der Waals surface area contributed by atoms with Crippen LogP contribution in [0.3, 0.4) is 0 Å². The molecule has 3 heterocycles. The molecule has 1 aromatic carbocycles. The number of benzene rings is 1. The van der Waals surface area contributed by atoms with Crippen molar-refractivity contribution in [3.05, 3.63) is 53.5 Å². The third kappa shape index (κ3) is 3.08. The summed E-state index contributed by atoms with van der Waals surface area (Å²) in [5, 5.41) is 9.43. The summed E-state index contributed by atoms with van der Waals surface area (Å²) in [5.74, 6) is 0.981. The Morgan fingerprint density at radius 3 is 2.74 bits per heavy atom. The molecule has 0 radical (unpaired) electrons. The van der Waals surface area contributed by atoms with Crippen LogP contribution in [0.1, 0.15) is 36.1 Å². The number of nitrogens with two attached hydrogens (primary N) is 1. The van der Waals surface area contributed by atoms with Gasteiger partial charge in [0.15, 0.2) is 0 Å². The van der Waals surface area contributed by atoms with Crippen molar-refractivity contribution in [3.63, 3.8) is 0 Å². The fourth-order valence-corrected chi connectivity index (χ4v) is 4.42. The number of hydrogen-bond acceptors (Lipinski definition) is 7. The minimum absolute atomic E-state index is 0.487. The van der Waals surface area contributed by atoms with Gasteiger partial charge in [-0.15, -0.1) is 10.2 Å². The van der Waals surface area contributed by atoms with Gasteiger partial charge in [-0.05, 0) is 42.9 Å². The number of hydrogen-bond donors (Lipinski definition) is 1. The van der Waals surface area contributed by atoms with E-state index < -0.39 is 0 Å². The molecule has 0 saturated carbocycles. The van der Waals surface area contributed by atoms with Gasteiger partial charge >= 0.3 is 0 Å². The van der Waals surface area contributed by atoms with Gasteiger partial charge in [0, 0.05) is 24.2 Å². The number of fused-ring (bicyclic) bond motifs is 1. The van der Waals surface area contributed by atoms with Crippen LogP contribution in [-0.2, 0) is 6.42 Å². The molecular weight excluding hydrogens is 356 g/mol. The van der Waals surface area contributed by atoms with Crippen molar-refractivity contribution in [2.75, 3.05) is 23.7 Å². The molecule has 1 fully saturated rings. The molecule has 5 rings (SSSR count). The van der Waals surface area contributed by atoms with Gasteiger partial charge in [0.05, 0.1) is 18.1 Å². The van der Waals surface area contributed by atoms with Gasteiger partial charge in [0.25, 0.3) is 0 Å². The first kappa shape index (κ1) is 16.4. The van der Waals surface area contributed by atoms with Crippen molar-refractivity contribution < 1.29 is 0 Å². The summed E-state index contributed by atoms with van der Waals surface area (Å²) in [6.07, 6.45) is 10.7. The van der Waals surface area contributed by atoms with Crippen LogP contribution >= 0.6 is 11.3 Å². The monoisotopic (exact) mass is 376 g/mol. The minimum Gasteiger partial charge on any atom is -0.374 e. The topological polar surface area (TPSA) is 80.8 Å². The number of nitrogens with zero attached hydrogens (tertiary/aromatic N) is 5. The van der Waals surface area contributed by atoms with Gasteiger partial charge < -0.3 is 10.6 Å². The van der Waals surface area contributed by atoms with Crippen LogP contribution in [0.4, 0.5) is 10.9 Å². The molecular formula is C20H20N6S. The van der Waals surface area contributed by atoms with Gasteiger partial charge in [-0.1, -0.05) is 29.5 Å². The Kier molecular flexibility index (Phi) is 4.09. The van der Waals surface area contributed by atoms with E-state index in [1.54, 1.807) is 0 Å². The zero-order valence-corrected chi connectivity index (χ0v) is 15.7. The number of aromatic nitrogens is 4. The third-order valence-electron chi connectivity index (χ3n) is 5.19. The highest BCUT2D eigenvalue weighted by atomic mass is 32.1. The Balaban J connectivity index is 1.50. The Morgan fingerprint density at radius 1 is 1.04 bits per heavy atom. The summed E-state index contributed by atoms with van der Waals surface area (Å²) < 4.78 is 0. The second kappa shape index (κ2) is 6.74. The molecule has 6 nitrogen and oxygen atoms in total. The summed E-state index contributed by atoms with van der Waals surface area (Å²) in [4.78, 5) is 11.8. The summed E-state index contributed by atoms with van der Waals surface area (Å²) in [5.41, 5.74) is 11.4. The summed E-state index contributed by atoms with van der Waals surface area (Å²) in [6, 6.07) is 6.42. The summed E-state index contributed by atoms with van der Waals surface area (Å²) in [6.45, 7) is 2.13. The Bertz CT molecular complexity index is 1020. The summed E-state index contributed by atoms with van der Waals surface area (Å²) in [7, 11) is 0. The number of anilines is 2. The van der Waals surface area contributed by atoms with Crippen LogP contribution < -0.4 is 10.6 Å². The van der Waals surface area contributed by atoms with E-state index in [9.17, 15) is 0 Å². The molecule has 0 unspecified atom stereocenters. The molecule has 136 valence electrons. The average Bonchev–Trinajstić information content (AvgIpc) is 3.34. The first-order valence-corrected chi connectivity index (χ1v) is 10.1. The Morgan fingerprint density at radius 2 is 1.93 bits per heavy atom. The highest BCUT2D eigenvalue weighted by Crippen LogP contribution is 2.36. The van der Waals surface area contributed by atoms with E-state index in [1.165, 1.54) is 41.7 Å². The normalized spacial score (nSPS) is 16.3. The molecule has 0 bridgehead atoms. The van der Waals surface area contributed by atoms with Crippen molar-refractivity contribution >= 4 is 27.9 Å². The highest BCUT2D eigenvalue weighted by Gasteiger charge is 2.20. The molecule has 0 atom stereocenters. The van der Waals surface area contributed by atoms with E-state index in [4.69, 9.17) is 10.7 Å². The Hall–Kier alpha value is -2.80. The molecule has 27 heavy (non-hydrogen) atoms. The first-order valence-electron chi connectivity index (χ1n) is 9.28. The van der Waals surface area contributed by atoms with Gasteiger partial charge in [0.1, 0.15) is 10.8 Å². The Labute approximate surface area is 161 Å². The number of rotatable bonds is 3. The van der Waals surface area contributed by atoms with E-state index in [1.807, 2.05) is 12.4 Å². The van der Waals surface area contributed by atoms with Gasteiger partial charge in [-0.3, -0.25) is 4.98 Å². The molecule has 2 aliphatic rings. The van der Waals surface area contributed by atoms with Crippen LogP contribution in [0, 0.1) is 0 Å². The molecule has 2 aromatic heterocycles. The lowest BCUT2D eigenvalue weighted by Gasteiger charge is -2.27. The molecule has 1 saturated heterocycles. The van der Waals surface area contributed by atoms with E-state index >= 15 is 0 Å². The van der Waals surface area contributed by atoms with E-state index in [0.29, 0.717) is 5.13 Å². The number of nitrogen functional groups attached to an aromatic ring is 1. The maximum atomic E-state index is 5.75. The van der Waals surface area contributed by atoms with Crippen molar-refractivity contribution in [2.45, 2.75) is 25.7 Å². The van der Waals surface area contributed by atoms with E-state index in [2.05, 4.69) is 44.4 Å². The second-order valence-corrected chi connectivity index (χ2v) is 7.96. The van der Waals surface area contributed by atoms with E-state index in [-0.39, 0.29) is 0 Å². The predicted octanol–water partition coefficient (Wildman–Crippen LogP) is 3.56. The maximum Gasteiger partial charge on any atom is 0.203 e. The lowest BCUT2D eigenvalue weighted by Crippen LogP contribution is -2.30. The zero-order valence-electron chi connectivity index (χ0n) is 14.9. The lowest BCUT2D eigenvalue weighted by molar-refractivity contribution is 0.572. The van der Waals surface area contributed by atoms with Crippen LogP contribution in [0.15, 0.2) is 36.7 Å². The van der Waals surface area contributed by atoms with Crippen LogP contribution in [-0.4, -0.2) is 33.3 Å². The van der Waals surface area contributed by atoms with Crippen molar-refractivity contribution in [1.29, 1.82) is 0 Å². The molecule has 0 amide bonds. The quantitative estimate of drug-likeness (QED) is 0.753. The van der Waals surface area contributed by atoms with Gasteiger partial charge in [-0.2, -0.15) is 0 Å². The first-order chi connectivity index (χ1) is 13.3. The average molecular weight is 376 g/mol. The van der Waals surface area contributed by atoms with Crippen LogP contribution in [0.25, 0.3) is 16.1 Å². The predicted molar refractivity (Wildman–Crippen MR) is 109 cm³/mol.